The molecule has 2 unspecified atom stereocenters. The molecule has 1 aliphatic carbocycles. The molecule has 1 saturated heterocycles. The number of aliphatic hydroxyl groups is 1. The number of benzene rings is 1. The van der Waals surface area contributed by atoms with E-state index in [1.165, 1.54) is 34.2 Å². The van der Waals surface area contributed by atoms with Crippen molar-refractivity contribution < 1.29 is 15.1 Å². The van der Waals surface area contributed by atoms with Crippen LogP contribution in [0.4, 0.5) is 0 Å². The van der Waals surface area contributed by atoms with E-state index in [0.29, 0.717) is 12.6 Å². The number of allylic oxidation sites excluding steroid dienone is 1. The second-order valence-corrected chi connectivity index (χ2v) is 8.29. The Hall–Kier alpha value is -2.67. The van der Waals surface area contributed by atoms with Crippen molar-refractivity contribution in [3.8, 4) is 0 Å². The van der Waals surface area contributed by atoms with Crippen LogP contribution in [0.1, 0.15) is 46.5 Å². The van der Waals surface area contributed by atoms with Gasteiger partial charge >= 0.3 is 0 Å². The summed E-state index contributed by atoms with van der Waals surface area (Å²) >= 11 is 0. The summed E-state index contributed by atoms with van der Waals surface area (Å²) in [5.74, 6) is -0.551. The fourth-order valence-electron chi connectivity index (χ4n) is 4.62. The lowest BCUT2D eigenvalue weighted by atomic mass is 9.95. The zero-order chi connectivity index (χ0) is 21.1. The minimum atomic E-state index is -0.551. The number of aryl methyl sites for hydroxylation is 2. The fourth-order valence-corrected chi connectivity index (χ4v) is 4.62. The Labute approximate surface area is 176 Å². The van der Waals surface area contributed by atoms with Crippen LogP contribution < -0.4 is 5.48 Å². The van der Waals surface area contributed by atoms with E-state index in [1.54, 1.807) is 11.6 Å². The van der Waals surface area contributed by atoms with Crippen molar-refractivity contribution in [2.24, 2.45) is 0 Å². The number of rotatable bonds is 6. The number of β-amino-alcohol motifs (C(OH)–C–C–N with tert-alkyl or cyclic N) is 1. The number of nitrogens with zero attached hydrogens (tertiary/aromatic N) is 1. The number of aromatic amines is 1. The lowest BCUT2D eigenvalue weighted by molar-refractivity contribution is -0.124. The fraction of sp³-hybridized carbons (Fsp3) is 0.375. The number of amides is 1. The maximum absolute atomic E-state index is 11.1. The van der Waals surface area contributed by atoms with Gasteiger partial charge in [-0.25, -0.2) is 5.48 Å². The number of carbonyl (C=O) groups is 1. The van der Waals surface area contributed by atoms with Crippen LogP contribution in [-0.2, 0) is 24.2 Å². The molecule has 4 N–H and O–H groups in total. The first-order valence-corrected chi connectivity index (χ1v) is 10.5. The van der Waals surface area contributed by atoms with Gasteiger partial charge in [0.2, 0.25) is 0 Å². The number of aromatic nitrogens is 1. The van der Waals surface area contributed by atoms with Gasteiger partial charge in [0.05, 0.1) is 6.10 Å². The van der Waals surface area contributed by atoms with Crippen molar-refractivity contribution in [1.82, 2.24) is 15.4 Å². The molecular weight excluding hydrogens is 378 g/mol. The molecule has 0 spiro atoms. The first-order chi connectivity index (χ1) is 14.5. The lowest BCUT2D eigenvalue weighted by Crippen LogP contribution is -2.31. The number of hydrogen-bond acceptors (Lipinski definition) is 4. The smallest absolute Gasteiger partial charge is 0.267 e. The third-order valence-corrected chi connectivity index (χ3v) is 6.14. The molecule has 1 aromatic heterocycles. The number of carbonyl (C=O) groups excluding carboxylic acids is 1. The Bertz CT molecular complexity index is 959. The molecule has 1 amide bonds. The Kier molecular flexibility index (Phi) is 6.18. The number of nitrogens with one attached hydrogen (secondary N) is 2. The van der Waals surface area contributed by atoms with E-state index < -0.39 is 5.91 Å². The summed E-state index contributed by atoms with van der Waals surface area (Å²) in [4.78, 5) is 17.0. The van der Waals surface area contributed by atoms with Crippen molar-refractivity contribution in [2.45, 2.75) is 51.3 Å². The molecule has 158 valence electrons. The van der Waals surface area contributed by atoms with Gasteiger partial charge in [-0.05, 0) is 60.9 Å². The van der Waals surface area contributed by atoms with Crippen LogP contribution in [0.5, 0.6) is 0 Å². The van der Waals surface area contributed by atoms with Gasteiger partial charge in [0.1, 0.15) is 0 Å². The van der Waals surface area contributed by atoms with Gasteiger partial charge in [-0.15, -0.1) is 0 Å². The van der Waals surface area contributed by atoms with E-state index in [1.807, 2.05) is 24.3 Å². The molecule has 2 atom stereocenters. The van der Waals surface area contributed by atoms with Gasteiger partial charge < -0.3 is 10.1 Å². The quantitative estimate of drug-likeness (QED) is 0.337. The predicted octanol–water partition coefficient (Wildman–Crippen LogP) is 2.98. The number of aliphatic hydroxyl groups excluding tert-OH is 1. The van der Waals surface area contributed by atoms with Gasteiger partial charge in [0.25, 0.3) is 5.91 Å². The van der Waals surface area contributed by atoms with Crippen molar-refractivity contribution in [3.05, 3.63) is 70.1 Å². The molecule has 1 aliphatic heterocycles. The maximum Gasteiger partial charge on any atom is 0.267 e. The molecule has 1 fully saturated rings. The molecule has 30 heavy (non-hydrogen) atoms. The zero-order valence-electron chi connectivity index (χ0n) is 17.3. The normalized spacial score (nSPS) is 21.3. The maximum atomic E-state index is 11.1. The minimum absolute atomic E-state index is 0.292. The van der Waals surface area contributed by atoms with Crippen LogP contribution in [0.2, 0.25) is 0 Å². The Morgan fingerprint density at radius 1 is 1.33 bits per heavy atom. The topological polar surface area (TPSA) is 88.6 Å². The Morgan fingerprint density at radius 2 is 2.13 bits per heavy atom. The first kappa shape index (κ1) is 20.6. The summed E-state index contributed by atoms with van der Waals surface area (Å²) in [5, 5.41) is 18.9. The summed E-state index contributed by atoms with van der Waals surface area (Å²) in [7, 11) is 0. The SMILES string of the molecule is Cc1[nH]c2c(c1CC1CC(O)CN1Cc1ccc(C=CC(=O)NO)cc1)C=CCC2. The molecule has 1 aromatic carbocycles. The van der Waals surface area contributed by atoms with Crippen LogP contribution in [0.3, 0.4) is 0 Å². The molecule has 0 saturated carbocycles. The third-order valence-electron chi connectivity index (χ3n) is 6.14. The minimum Gasteiger partial charge on any atom is -0.392 e. The second kappa shape index (κ2) is 9.00. The summed E-state index contributed by atoms with van der Waals surface area (Å²) in [6, 6.07) is 8.31. The van der Waals surface area contributed by atoms with Crippen molar-refractivity contribution in [1.29, 1.82) is 0 Å². The monoisotopic (exact) mass is 407 g/mol. The molecule has 2 aromatic rings. The van der Waals surface area contributed by atoms with E-state index >= 15 is 0 Å². The van der Waals surface area contributed by atoms with Crippen LogP contribution in [-0.4, -0.2) is 44.8 Å². The lowest BCUT2D eigenvalue weighted by Gasteiger charge is -2.25. The highest BCUT2D eigenvalue weighted by Crippen LogP contribution is 2.30. The molecule has 6 nitrogen and oxygen atoms in total. The van der Waals surface area contributed by atoms with Crippen LogP contribution >= 0.6 is 0 Å². The van der Waals surface area contributed by atoms with Crippen LogP contribution in [0, 0.1) is 6.92 Å². The number of hydrogen-bond donors (Lipinski definition) is 4. The molecule has 0 radical (unpaired) electrons. The average molecular weight is 408 g/mol. The summed E-state index contributed by atoms with van der Waals surface area (Å²) < 4.78 is 0. The predicted molar refractivity (Wildman–Crippen MR) is 117 cm³/mol. The van der Waals surface area contributed by atoms with Crippen molar-refractivity contribution in [3.63, 3.8) is 0 Å². The summed E-state index contributed by atoms with van der Waals surface area (Å²) in [6.07, 6.45) is 11.0. The van der Waals surface area contributed by atoms with Gasteiger partial charge in [-0.2, -0.15) is 0 Å². The number of hydroxylamine groups is 1. The molecule has 4 rings (SSSR count). The molecule has 2 heterocycles. The van der Waals surface area contributed by atoms with Crippen LogP contribution in [0.25, 0.3) is 12.2 Å². The van der Waals surface area contributed by atoms with E-state index in [9.17, 15) is 9.90 Å². The zero-order valence-corrected chi connectivity index (χ0v) is 17.3. The highest BCUT2D eigenvalue weighted by Gasteiger charge is 2.32. The third kappa shape index (κ3) is 4.56. The molecule has 6 heteroatoms. The number of fused-ring (bicyclic) bond motifs is 1. The summed E-state index contributed by atoms with van der Waals surface area (Å²) in [5.41, 5.74) is 8.96. The first-order valence-electron chi connectivity index (χ1n) is 10.5. The summed E-state index contributed by atoms with van der Waals surface area (Å²) in [6.45, 7) is 3.62. The van der Waals surface area contributed by atoms with E-state index in [-0.39, 0.29) is 6.10 Å². The number of H-pyrrole nitrogens is 1. The van der Waals surface area contributed by atoms with E-state index in [2.05, 4.69) is 29.0 Å². The molecular formula is C24H29N3O3. The van der Waals surface area contributed by atoms with Gasteiger partial charge in [-0.1, -0.05) is 36.4 Å². The Morgan fingerprint density at radius 3 is 2.90 bits per heavy atom. The van der Waals surface area contributed by atoms with Gasteiger partial charge in [-0.3, -0.25) is 14.9 Å². The molecule has 2 aliphatic rings. The number of likely N-dealkylation sites (tertiary alicyclic amines) is 1. The largest absolute Gasteiger partial charge is 0.392 e. The molecule has 0 bridgehead atoms. The van der Waals surface area contributed by atoms with Crippen molar-refractivity contribution in [2.75, 3.05) is 6.54 Å². The average Bonchev–Trinajstić information content (AvgIpc) is 3.26. The standard InChI is InChI=1S/C24H29N3O3/c1-16-22(21-4-2-3-5-23(21)25-16)13-19-12-20(28)15-27(19)14-18-8-6-17(7-9-18)10-11-24(29)26-30/h2,4,6-11,19-20,25,28,30H,3,5,12-15H2,1H3,(H,26,29). The Balaban J connectivity index is 1.45. The highest BCUT2D eigenvalue weighted by molar-refractivity contribution is 5.90. The van der Waals surface area contributed by atoms with E-state index in [4.69, 9.17) is 5.21 Å². The van der Waals surface area contributed by atoms with Crippen molar-refractivity contribution >= 4 is 18.1 Å². The van der Waals surface area contributed by atoms with Gasteiger partial charge in [0, 0.05) is 36.6 Å². The van der Waals surface area contributed by atoms with E-state index in [0.717, 1.165) is 37.8 Å². The van der Waals surface area contributed by atoms with Crippen LogP contribution in [0.15, 0.2) is 36.4 Å². The van der Waals surface area contributed by atoms with Gasteiger partial charge in [0.15, 0.2) is 0 Å². The highest BCUT2D eigenvalue weighted by atomic mass is 16.5. The second-order valence-electron chi connectivity index (χ2n) is 8.29.